The van der Waals surface area contributed by atoms with Gasteiger partial charge in [-0.2, -0.15) is 0 Å². The molecule has 3 heteroatoms. The van der Waals surface area contributed by atoms with Crippen LogP contribution in [0.4, 0.5) is 5.69 Å². The van der Waals surface area contributed by atoms with Crippen LogP contribution in [0.1, 0.15) is 45.7 Å². The number of nitrogens with two attached hydrogens (primary N) is 1. The van der Waals surface area contributed by atoms with Gasteiger partial charge in [-0.15, -0.1) is 0 Å². The summed E-state index contributed by atoms with van der Waals surface area (Å²) in [5, 5.41) is 0. The van der Waals surface area contributed by atoms with Crippen LogP contribution in [-0.2, 0) is 4.79 Å². The van der Waals surface area contributed by atoms with Crippen molar-refractivity contribution in [1.82, 2.24) is 4.90 Å². The zero-order valence-electron chi connectivity index (χ0n) is 12.0. The van der Waals surface area contributed by atoms with Gasteiger partial charge in [0.1, 0.15) is 0 Å². The molecule has 1 unspecified atom stereocenters. The monoisotopic (exact) mass is 248 g/mol. The molecule has 100 valence electrons. The molecule has 0 aliphatic heterocycles. The molecule has 2 N–H and O–H groups in total. The molecule has 0 fully saturated rings. The Bertz CT molecular complexity index is 421. The van der Waals surface area contributed by atoms with Crippen LogP contribution >= 0.6 is 0 Å². The average molecular weight is 248 g/mol. The van der Waals surface area contributed by atoms with Crippen LogP contribution in [-0.4, -0.2) is 17.9 Å². The van der Waals surface area contributed by atoms with E-state index in [0.717, 1.165) is 11.3 Å². The lowest BCUT2D eigenvalue weighted by Crippen LogP contribution is -2.32. The number of benzene rings is 1. The topological polar surface area (TPSA) is 46.3 Å². The minimum absolute atomic E-state index is 0.0147. The van der Waals surface area contributed by atoms with Gasteiger partial charge in [0.05, 0.1) is 6.04 Å². The van der Waals surface area contributed by atoms with Crippen molar-refractivity contribution in [2.24, 2.45) is 5.41 Å². The van der Waals surface area contributed by atoms with E-state index in [9.17, 15) is 4.79 Å². The number of carbonyl (C=O) groups excluding carboxylic acids is 1. The fourth-order valence-corrected chi connectivity index (χ4v) is 1.84. The first-order chi connectivity index (χ1) is 8.20. The van der Waals surface area contributed by atoms with E-state index < -0.39 is 0 Å². The van der Waals surface area contributed by atoms with E-state index in [0.29, 0.717) is 6.42 Å². The highest BCUT2D eigenvalue weighted by Gasteiger charge is 2.22. The lowest BCUT2D eigenvalue weighted by molar-refractivity contribution is -0.133. The molecule has 1 atom stereocenters. The first-order valence-corrected chi connectivity index (χ1v) is 6.32. The molecular formula is C15H24N2O. The Balaban J connectivity index is 2.78. The van der Waals surface area contributed by atoms with Crippen molar-refractivity contribution < 1.29 is 4.79 Å². The molecule has 0 aliphatic rings. The maximum atomic E-state index is 12.2. The van der Waals surface area contributed by atoms with Crippen molar-refractivity contribution in [1.29, 1.82) is 0 Å². The van der Waals surface area contributed by atoms with Gasteiger partial charge in [-0.05, 0) is 30.0 Å². The first kappa shape index (κ1) is 14.6. The van der Waals surface area contributed by atoms with Crippen molar-refractivity contribution in [3.05, 3.63) is 29.8 Å². The second-order valence-electron chi connectivity index (χ2n) is 6.09. The van der Waals surface area contributed by atoms with E-state index in [1.807, 2.05) is 38.2 Å². The van der Waals surface area contributed by atoms with Gasteiger partial charge >= 0.3 is 0 Å². The normalized spacial score (nSPS) is 13.2. The Kier molecular flexibility index (Phi) is 4.38. The number of nitrogen functional groups attached to an aromatic ring is 1. The van der Waals surface area contributed by atoms with Gasteiger partial charge < -0.3 is 10.6 Å². The number of hydrogen-bond acceptors (Lipinski definition) is 2. The fourth-order valence-electron chi connectivity index (χ4n) is 1.84. The molecule has 0 aromatic heterocycles. The minimum Gasteiger partial charge on any atom is -0.399 e. The smallest absolute Gasteiger partial charge is 0.223 e. The predicted octanol–water partition coefficient (Wildman–Crippen LogP) is 3.22. The van der Waals surface area contributed by atoms with E-state index in [1.165, 1.54) is 0 Å². The Hall–Kier alpha value is -1.51. The summed E-state index contributed by atoms with van der Waals surface area (Å²) >= 11 is 0. The standard InChI is InChI=1S/C15H24N2O/c1-11(12-7-6-8-13(16)9-12)17(5)14(18)10-15(2,3)4/h6-9,11H,10,16H2,1-5H3. The highest BCUT2D eigenvalue weighted by atomic mass is 16.2. The van der Waals surface area contributed by atoms with E-state index in [-0.39, 0.29) is 17.4 Å². The fraction of sp³-hybridized carbons (Fsp3) is 0.533. The summed E-state index contributed by atoms with van der Waals surface area (Å²) < 4.78 is 0. The zero-order valence-corrected chi connectivity index (χ0v) is 12.0. The molecule has 18 heavy (non-hydrogen) atoms. The van der Waals surface area contributed by atoms with Crippen molar-refractivity contribution in [3.63, 3.8) is 0 Å². The van der Waals surface area contributed by atoms with Crippen molar-refractivity contribution in [2.75, 3.05) is 12.8 Å². The lowest BCUT2D eigenvalue weighted by Gasteiger charge is -2.28. The zero-order chi connectivity index (χ0) is 13.9. The predicted molar refractivity (Wildman–Crippen MR) is 76.1 cm³/mol. The molecule has 0 radical (unpaired) electrons. The number of anilines is 1. The van der Waals surface area contributed by atoms with Crippen molar-refractivity contribution in [3.8, 4) is 0 Å². The summed E-state index contributed by atoms with van der Waals surface area (Å²) in [4.78, 5) is 13.9. The third kappa shape index (κ3) is 4.06. The van der Waals surface area contributed by atoms with Gasteiger partial charge in [-0.1, -0.05) is 32.9 Å². The van der Waals surface area contributed by atoms with Crippen LogP contribution in [0.3, 0.4) is 0 Å². The summed E-state index contributed by atoms with van der Waals surface area (Å²) in [7, 11) is 1.85. The Labute approximate surface area is 110 Å². The maximum absolute atomic E-state index is 12.2. The second kappa shape index (κ2) is 5.42. The van der Waals surface area contributed by atoms with Gasteiger partial charge in [0.2, 0.25) is 5.91 Å². The molecule has 0 heterocycles. The van der Waals surface area contributed by atoms with E-state index in [4.69, 9.17) is 5.73 Å². The molecule has 3 nitrogen and oxygen atoms in total. The molecule has 1 aromatic carbocycles. The molecule has 0 saturated heterocycles. The second-order valence-corrected chi connectivity index (χ2v) is 6.09. The number of nitrogens with zero attached hydrogens (tertiary/aromatic N) is 1. The summed E-state index contributed by atoms with van der Waals surface area (Å²) in [5.41, 5.74) is 7.59. The van der Waals surface area contributed by atoms with Crippen LogP contribution in [0.2, 0.25) is 0 Å². The van der Waals surface area contributed by atoms with Gasteiger partial charge in [0, 0.05) is 19.2 Å². The number of hydrogen-bond donors (Lipinski definition) is 1. The summed E-state index contributed by atoms with van der Waals surface area (Å²) in [6.45, 7) is 8.24. The van der Waals surface area contributed by atoms with E-state index in [1.54, 1.807) is 4.90 Å². The quantitative estimate of drug-likeness (QED) is 0.835. The average Bonchev–Trinajstić information content (AvgIpc) is 2.24. The highest BCUT2D eigenvalue weighted by Crippen LogP contribution is 2.25. The van der Waals surface area contributed by atoms with Crippen LogP contribution in [0, 0.1) is 5.41 Å². The van der Waals surface area contributed by atoms with Gasteiger partial charge in [0.25, 0.3) is 0 Å². The molecule has 1 rings (SSSR count). The molecule has 1 aromatic rings. The first-order valence-electron chi connectivity index (χ1n) is 6.32. The molecule has 0 spiro atoms. The number of carbonyl (C=O) groups is 1. The van der Waals surface area contributed by atoms with E-state index in [2.05, 4.69) is 20.8 Å². The van der Waals surface area contributed by atoms with Crippen molar-refractivity contribution >= 4 is 11.6 Å². The molecule has 0 bridgehead atoms. The van der Waals surface area contributed by atoms with Gasteiger partial charge in [0.15, 0.2) is 0 Å². The summed E-state index contributed by atoms with van der Waals surface area (Å²) in [5.74, 6) is 0.164. The lowest BCUT2D eigenvalue weighted by atomic mass is 9.91. The van der Waals surface area contributed by atoms with Gasteiger partial charge in [-0.25, -0.2) is 0 Å². The van der Waals surface area contributed by atoms with E-state index >= 15 is 0 Å². The molecular weight excluding hydrogens is 224 g/mol. The molecule has 0 saturated carbocycles. The van der Waals surface area contributed by atoms with Crippen LogP contribution in [0.25, 0.3) is 0 Å². The Morgan fingerprint density at radius 3 is 2.50 bits per heavy atom. The minimum atomic E-state index is 0.0147. The maximum Gasteiger partial charge on any atom is 0.223 e. The summed E-state index contributed by atoms with van der Waals surface area (Å²) in [6.07, 6.45) is 0.552. The van der Waals surface area contributed by atoms with Gasteiger partial charge in [-0.3, -0.25) is 4.79 Å². The number of amides is 1. The SMILES string of the molecule is CC(c1cccc(N)c1)N(C)C(=O)CC(C)(C)C. The van der Waals surface area contributed by atoms with Crippen LogP contribution in [0.15, 0.2) is 24.3 Å². The Morgan fingerprint density at radius 1 is 1.39 bits per heavy atom. The molecule has 1 amide bonds. The highest BCUT2D eigenvalue weighted by molar-refractivity contribution is 5.77. The summed E-state index contributed by atoms with van der Waals surface area (Å²) in [6, 6.07) is 7.74. The number of rotatable bonds is 3. The molecule has 0 aliphatic carbocycles. The largest absolute Gasteiger partial charge is 0.399 e. The third-order valence-corrected chi connectivity index (χ3v) is 3.05. The van der Waals surface area contributed by atoms with Crippen LogP contribution < -0.4 is 5.73 Å². The third-order valence-electron chi connectivity index (χ3n) is 3.05. The van der Waals surface area contributed by atoms with Crippen LogP contribution in [0.5, 0.6) is 0 Å². The van der Waals surface area contributed by atoms with Crippen molar-refractivity contribution in [2.45, 2.75) is 40.2 Å². The Morgan fingerprint density at radius 2 is 2.00 bits per heavy atom.